The van der Waals surface area contributed by atoms with E-state index in [0.29, 0.717) is 23.6 Å². The third-order valence-corrected chi connectivity index (χ3v) is 6.78. The lowest BCUT2D eigenvalue weighted by Crippen LogP contribution is -2.54. The third-order valence-electron chi connectivity index (χ3n) is 6.78. The highest BCUT2D eigenvalue weighted by Crippen LogP contribution is 2.35. The summed E-state index contributed by atoms with van der Waals surface area (Å²) < 4.78 is 16.3. The minimum absolute atomic E-state index is 0.0510. The van der Waals surface area contributed by atoms with Gasteiger partial charge in [0.2, 0.25) is 12.7 Å². The number of likely N-dealkylation sites (tertiary alicyclic amines) is 1. The molecular weight excluding hydrogens is 388 g/mol. The summed E-state index contributed by atoms with van der Waals surface area (Å²) in [6.45, 7) is 2.67. The molecule has 0 aromatic heterocycles. The number of ether oxygens (including phenoxy) is 3. The Morgan fingerprint density at radius 1 is 1.17 bits per heavy atom. The second-order valence-corrected chi connectivity index (χ2v) is 8.72. The van der Waals surface area contributed by atoms with Crippen LogP contribution in [0.5, 0.6) is 11.5 Å². The molecule has 2 saturated heterocycles. The number of fused-ring (bicyclic) bond motifs is 2. The number of carbonyl (C=O) groups excluding carboxylic acids is 3. The fraction of sp³-hybridized carbons (Fsp3) is 0.591. The molecule has 1 aromatic carbocycles. The lowest BCUT2D eigenvalue weighted by molar-refractivity contribution is -0.139. The Balaban J connectivity index is 1.38. The average molecular weight is 414 g/mol. The largest absolute Gasteiger partial charge is 0.454 e. The maximum Gasteiger partial charge on any atom is 0.252 e. The minimum Gasteiger partial charge on any atom is -0.454 e. The van der Waals surface area contributed by atoms with Crippen molar-refractivity contribution in [3.8, 4) is 11.5 Å². The van der Waals surface area contributed by atoms with Gasteiger partial charge in [-0.05, 0) is 37.0 Å². The topological polar surface area (TPSA) is 94.2 Å². The molecule has 1 aliphatic carbocycles. The molecule has 3 fully saturated rings. The first kappa shape index (κ1) is 19.4. The van der Waals surface area contributed by atoms with Gasteiger partial charge in [-0.2, -0.15) is 0 Å². The number of nitrogens with one attached hydrogen (secondary N) is 1. The zero-order chi connectivity index (χ0) is 20.8. The van der Waals surface area contributed by atoms with E-state index in [-0.39, 0.29) is 48.9 Å². The zero-order valence-electron chi connectivity index (χ0n) is 17.0. The van der Waals surface area contributed by atoms with Gasteiger partial charge >= 0.3 is 0 Å². The van der Waals surface area contributed by atoms with E-state index >= 15 is 0 Å². The van der Waals surface area contributed by atoms with Crippen LogP contribution in [0.25, 0.3) is 0 Å². The van der Waals surface area contributed by atoms with E-state index in [9.17, 15) is 14.4 Å². The molecule has 2 amide bonds. The minimum atomic E-state index is -0.648. The Morgan fingerprint density at radius 2 is 1.93 bits per heavy atom. The number of hydrogen-bond acceptors (Lipinski definition) is 6. The van der Waals surface area contributed by atoms with E-state index in [1.165, 1.54) is 0 Å². The van der Waals surface area contributed by atoms with Crippen molar-refractivity contribution in [1.29, 1.82) is 0 Å². The van der Waals surface area contributed by atoms with Crippen molar-refractivity contribution in [2.45, 2.75) is 50.8 Å². The van der Waals surface area contributed by atoms with Crippen LogP contribution in [0, 0.1) is 11.8 Å². The molecule has 5 rings (SSSR count). The summed E-state index contributed by atoms with van der Waals surface area (Å²) in [5, 5.41) is 2.97. The van der Waals surface area contributed by atoms with Gasteiger partial charge in [-0.1, -0.05) is 19.8 Å². The van der Waals surface area contributed by atoms with E-state index in [4.69, 9.17) is 14.2 Å². The highest BCUT2D eigenvalue weighted by molar-refractivity contribution is 5.99. The van der Waals surface area contributed by atoms with Crippen LogP contribution in [-0.4, -0.2) is 60.6 Å². The van der Waals surface area contributed by atoms with Crippen LogP contribution in [0.1, 0.15) is 43.0 Å². The van der Waals surface area contributed by atoms with Crippen LogP contribution in [-0.2, 0) is 14.3 Å². The Bertz CT molecular complexity index is 880. The summed E-state index contributed by atoms with van der Waals surface area (Å²) >= 11 is 0. The molecule has 0 unspecified atom stereocenters. The Morgan fingerprint density at radius 3 is 2.73 bits per heavy atom. The number of ketones is 1. The second-order valence-electron chi connectivity index (χ2n) is 8.72. The fourth-order valence-electron chi connectivity index (χ4n) is 5.23. The van der Waals surface area contributed by atoms with Gasteiger partial charge in [0.25, 0.3) is 5.91 Å². The monoisotopic (exact) mass is 414 g/mol. The summed E-state index contributed by atoms with van der Waals surface area (Å²) in [4.78, 5) is 40.6. The summed E-state index contributed by atoms with van der Waals surface area (Å²) in [6, 6.07) is 3.83. The van der Waals surface area contributed by atoms with Crippen molar-refractivity contribution in [2.75, 3.05) is 19.9 Å². The SMILES string of the molecule is C[C@H]1CN(C(=O)[C@@H](NC(=O)c2ccc3c(c2)OCO3)C2CCCC2)[C@@H]2C(=O)CO[C@@H]21. The number of nitrogens with zero attached hydrogens (tertiary/aromatic N) is 1. The molecule has 0 radical (unpaired) electrons. The molecule has 8 heteroatoms. The molecular formula is C22H26N2O6. The van der Waals surface area contributed by atoms with Crippen molar-refractivity contribution < 1.29 is 28.6 Å². The van der Waals surface area contributed by atoms with Gasteiger partial charge in [-0.15, -0.1) is 0 Å². The van der Waals surface area contributed by atoms with Gasteiger partial charge in [0, 0.05) is 18.0 Å². The number of hydrogen-bond donors (Lipinski definition) is 1. The van der Waals surface area contributed by atoms with Gasteiger partial charge in [-0.3, -0.25) is 14.4 Å². The van der Waals surface area contributed by atoms with Crippen LogP contribution in [0.2, 0.25) is 0 Å². The number of rotatable bonds is 4. The van der Waals surface area contributed by atoms with Crippen molar-refractivity contribution in [1.82, 2.24) is 10.2 Å². The highest BCUT2D eigenvalue weighted by atomic mass is 16.7. The van der Waals surface area contributed by atoms with E-state index in [1.807, 2.05) is 6.92 Å². The first-order chi connectivity index (χ1) is 14.5. The van der Waals surface area contributed by atoms with E-state index in [1.54, 1.807) is 23.1 Å². The highest BCUT2D eigenvalue weighted by Gasteiger charge is 2.52. The molecule has 0 spiro atoms. The molecule has 3 heterocycles. The van der Waals surface area contributed by atoms with Crippen molar-refractivity contribution in [3.63, 3.8) is 0 Å². The third kappa shape index (κ3) is 3.23. The summed E-state index contributed by atoms with van der Waals surface area (Å²) in [5.41, 5.74) is 0.419. The van der Waals surface area contributed by atoms with Crippen LogP contribution >= 0.6 is 0 Å². The average Bonchev–Trinajstić information content (AvgIpc) is 3.52. The maximum atomic E-state index is 13.6. The molecule has 8 nitrogen and oxygen atoms in total. The van der Waals surface area contributed by atoms with E-state index in [2.05, 4.69) is 5.32 Å². The smallest absolute Gasteiger partial charge is 0.252 e. The van der Waals surface area contributed by atoms with Gasteiger partial charge in [0.05, 0.1) is 6.10 Å². The van der Waals surface area contributed by atoms with Crippen LogP contribution in [0.3, 0.4) is 0 Å². The van der Waals surface area contributed by atoms with Crippen molar-refractivity contribution in [2.24, 2.45) is 11.8 Å². The molecule has 3 aliphatic heterocycles. The molecule has 4 atom stereocenters. The summed E-state index contributed by atoms with van der Waals surface area (Å²) in [6.07, 6.45) is 3.62. The molecule has 1 saturated carbocycles. The predicted molar refractivity (Wildman–Crippen MR) is 105 cm³/mol. The first-order valence-electron chi connectivity index (χ1n) is 10.7. The standard InChI is InChI=1S/C22H26N2O6/c1-12-9-24(19-15(25)10-28-20(12)19)22(27)18(13-4-2-3-5-13)23-21(26)14-6-7-16-17(8-14)30-11-29-16/h6-8,12-13,18-20H,2-5,9-11H2,1H3,(H,23,26)/t12-,18-,19+,20+/m0/s1. The van der Waals surface area contributed by atoms with Gasteiger partial charge < -0.3 is 24.4 Å². The lowest BCUT2D eigenvalue weighted by atomic mass is 9.95. The predicted octanol–water partition coefficient (Wildman–Crippen LogP) is 1.52. The Hall–Kier alpha value is -2.61. The van der Waals surface area contributed by atoms with Crippen LogP contribution < -0.4 is 14.8 Å². The maximum absolute atomic E-state index is 13.6. The fourth-order valence-corrected chi connectivity index (χ4v) is 5.23. The molecule has 160 valence electrons. The number of carbonyl (C=O) groups is 3. The second kappa shape index (κ2) is 7.58. The summed E-state index contributed by atoms with van der Waals surface area (Å²) in [7, 11) is 0. The quantitative estimate of drug-likeness (QED) is 0.803. The van der Waals surface area contributed by atoms with Gasteiger partial charge in [0.1, 0.15) is 18.7 Å². The zero-order valence-corrected chi connectivity index (χ0v) is 17.0. The van der Waals surface area contributed by atoms with Crippen molar-refractivity contribution in [3.05, 3.63) is 23.8 Å². The molecule has 1 N–H and O–H groups in total. The number of amides is 2. The molecule has 30 heavy (non-hydrogen) atoms. The normalized spacial score (nSPS) is 28.6. The molecule has 4 aliphatic rings. The Kier molecular flexibility index (Phi) is 4.89. The number of Topliss-reactive ketones (excluding diaryl/α,β-unsaturated/α-hetero) is 1. The lowest BCUT2D eigenvalue weighted by Gasteiger charge is -2.30. The van der Waals surface area contributed by atoms with E-state index in [0.717, 1.165) is 25.7 Å². The number of benzene rings is 1. The van der Waals surface area contributed by atoms with Crippen molar-refractivity contribution >= 4 is 17.6 Å². The molecule has 0 bridgehead atoms. The van der Waals surface area contributed by atoms with Crippen LogP contribution in [0.15, 0.2) is 18.2 Å². The van der Waals surface area contributed by atoms with Gasteiger partial charge in [-0.25, -0.2) is 0 Å². The molecule has 1 aromatic rings. The first-order valence-corrected chi connectivity index (χ1v) is 10.7. The Labute approximate surface area is 174 Å². The van der Waals surface area contributed by atoms with Gasteiger partial charge in [0.15, 0.2) is 17.3 Å². The van der Waals surface area contributed by atoms with E-state index < -0.39 is 12.1 Å². The van der Waals surface area contributed by atoms with Crippen LogP contribution in [0.4, 0.5) is 0 Å². The summed E-state index contributed by atoms with van der Waals surface area (Å²) in [5.74, 6) is 0.750.